The number of aliphatic hydroxyl groups is 1. The van der Waals surface area contributed by atoms with Gasteiger partial charge in [0.1, 0.15) is 0 Å². The molecule has 1 N–H and O–H groups in total. The van der Waals surface area contributed by atoms with Gasteiger partial charge in [-0.3, -0.25) is 0 Å². The molecule has 0 spiro atoms. The first kappa shape index (κ1) is 16.0. The molecule has 1 atom stereocenters. The third-order valence-electron chi connectivity index (χ3n) is 4.52. The summed E-state index contributed by atoms with van der Waals surface area (Å²) in [5.74, 6) is 0.939. The van der Waals surface area contributed by atoms with Gasteiger partial charge in [0.15, 0.2) is 0 Å². The highest BCUT2D eigenvalue weighted by atomic mass is 16.3. The first-order valence-electron chi connectivity index (χ1n) is 8.51. The van der Waals surface area contributed by atoms with Gasteiger partial charge in [-0.2, -0.15) is 0 Å². The van der Waals surface area contributed by atoms with Gasteiger partial charge in [0.2, 0.25) is 0 Å². The highest BCUT2D eigenvalue weighted by molar-refractivity contribution is 4.69. The van der Waals surface area contributed by atoms with Crippen molar-refractivity contribution in [1.82, 2.24) is 0 Å². The number of unbranched alkanes of at least 4 members (excludes halogenated alkanes) is 6. The Labute approximate surface area is 114 Å². The number of rotatable bonds is 11. The lowest BCUT2D eigenvalue weighted by molar-refractivity contribution is 0.141. The summed E-state index contributed by atoms with van der Waals surface area (Å²) in [6.07, 6.45) is 18.5. The van der Waals surface area contributed by atoms with Crippen LogP contribution in [0.5, 0.6) is 0 Å². The molecule has 1 aliphatic rings. The van der Waals surface area contributed by atoms with Crippen LogP contribution in [0.25, 0.3) is 0 Å². The SMILES string of the molecule is CCCCCCCCCC(O)CCC1CCCC1. The molecule has 1 fully saturated rings. The Morgan fingerprint density at radius 3 is 2.17 bits per heavy atom. The Kier molecular flexibility index (Phi) is 9.65. The van der Waals surface area contributed by atoms with Crippen LogP contribution in [0, 0.1) is 5.92 Å². The molecule has 1 rings (SSSR count). The second kappa shape index (κ2) is 10.8. The quantitative estimate of drug-likeness (QED) is 0.485. The van der Waals surface area contributed by atoms with Crippen LogP contribution in [-0.2, 0) is 0 Å². The van der Waals surface area contributed by atoms with Crippen LogP contribution in [0.3, 0.4) is 0 Å². The smallest absolute Gasteiger partial charge is 0.0540 e. The molecule has 0 amide bonds. The van der Waals surface area contributed by atoms with Crippen molar-refractivity contribution in [1.29, 1.82) is 0 Å². The van der Waals surface area contributed by atoms with Crippen molar-refractivity contribution < 1.29 is 5.11 Å². The van der Waals surface area contributed by atoms with E-state index in [0.717, 1.165) is 18.8 Å². The van der Waals surface area contributed by atoms with E-state index < -0.39 is 0 Å². The van der Waals surface area contributed by atoms with Gasteiger partial charge < -0.3 is 5.11 Å². The molecule has 0 aliphatic heterocycles. The minimum Gasteiger partial charge on any atom is -0.393 e. The second-order valence-electron chi connectivity index (χ2n) is 6.29. The highest BCUT2D eigenvalue weighted by Crippen LogP contribution is 2.29. The van der Waals surface area contributed by atoms with Crippen molar-refractivity contribution in [2.75, 3.05) is 0 Å². The van der Waals surface area contributed by atoms with E-state index in [1.807, 2.05) is 0 Å². The molecule has 1 nitrogen and oxygen atoms in total. The lowest BCUT2D eigenvalue weighted by Gasteiger charge is -2.13. The van der Waals surface area contributed by atoms with Crippen molar-refractivity contribution in [3.8, 4) is 0 Å². The Morgan fingerprint density at radius 1 is 0.889 bits per heavy atom. The van der Waals surface area contributed by atoms with Crippen LogP contribution in [0.1, 0.15) is 96.8 Å². The van der Waals surface area contributed by atoms with Gasteiger partial charge in [-0.25, -0.2) is 0 Å². The highest BCUT2D eigenvalue weighted by Gasteiger charge is 2.16. The Balaban J connectivity index is 1.82. The van der Waals surface area contributed by atoms with Crippen LogP contribution in [0.2, 0.25) is 0 Å². The Hall–Kier alpha value is -0.0400. The molecule has 0 bridgehead atoms. The average molecular weight is 254 g/mol. The Morgan fingerprint density at radius 2 is 1.50 bits per heavy atom. The monoisotopic (exact) mass is 254 g/mol. The topological polar surface area (TPSA) is 20.2 Å². The molecule has 1 saturated carbocycles. The zero-order chi connectivity index (χ0) is 13.1. The summed E-state index contributed by atoms with van der Waals surface area (Å²) in [5.41, 5.74) is 0. The first-order valence-corrected chi connectivity index (χ1v) is 8.51. The maximum absolute atomic E-state index is 9.95. The molecule has 18 heavy (non-hydrogen) atoms. The third kappa shape index (κ3) is 8.13. The predicted octanol–water partition coefficient (Wildman–Crippen LogP) is 5.46. The van der Waals surface area contributed by atoms with Crippen LogP contribution < -0.4 is 0 Å². The molecule has 0 heterocycles. The number of aliphatic hydroxyl groups excluding tert-OH is 1. The molecule has 0 radical (unpaired) electrons. The van der Waals surface area contributed by atoms with E-state index in [0.29, 0.717) is 0 Å². The maximum Gasteiger partial charge on any atom is 0.0540 e. The molecule has 1 heteroatoms. The summed E-state index contributed by atoms with van der Waals surface area (Å²) < 4.78 is 0. The summed E-state index contributed by atoms with van der Waals surface area (Å²) in [7, 11) is 0. The van der Waals surface area contributed by atoms with Crippen LogP contribution in [0.15, 0.2) is 0 Å². The van der Waals surface area contributed by atoms with Gasteiger partial charge >= 0.3 is 0 Å². The molecule has 108 valence electrons. The summed E-state index contributed by atoms with van der Waals surface area (Å²) in [5, 5.41) is 9.95. The fraction of sp³-hybridized carbons (Fsp3) is 1.00. The van der Waals surface area contributed by atoms with Gasteiger partial charge in [-0.1, -0.05) is 77.6 Å². The minimum atomic E-state index is -0.0127. The van der Waals surface area contributed by atoms with E-state index in [9.17, 15) is 5.11 Å². The molecule has 0 saturated heterocycles. The van der Waals surface area contributed by atoms with E-state index in [1.165, 1.54) is 77.0 Å². The normalized spacial score (nSPS) is 18.3. The molecular weight excluding hydrogens is 220 g/mol. The largest absolute Gasteiger partial charge is 0.393 e. The summed E-state index contributed by atoms with van der Waals surface area (Å²) in [6.45, 7) is 2.26. The van der Waals surface area contributed by atoms with Gasteiger partial charge in [-0.05, 0) is 25.2 Å². The number of hydrogen-bond donors (Lipinski definition) is 1. The lowest BCUT2D eigenvalue weighted by atomic mass is 9.97. The van der Waals surface area contributed by atoms with Crippen LogP contribution in [-0.4, -0.2) is 11.2 Å². The van der Waals surface area contributed by atoms with Crippen molar-refractivity contribution in [3.63, 3.8) is 0 Å². The van der Waals surface area contributed by atoms with Crippen molar-refractivity contribution in [2.24, 2.45) is 5.92 Å². The molecule has 0 aromatic rings. The summed E-state index contributed by atoms with van der Waals surface area (Å²) >= 11 is 0. The third-order valence-corrected chi connectivity index (χ3v) is 4.52. The van der Waals surface area contributed by atoms with Gasteiger partial charge in [-0.15, -0.1) is 0 Å². The zero-order valence-corrected chi connectivity index (χ0v) is 12.5. The van der Waals surface area contributed by atoms with E-state index in [1.54, 1.807) is 0 Å². The van der Waals surface area contributed by atoms with Crippen molar-refractivity contribution in [2.45, 2.75) is 103 Å². The van der Waals surface area contributed by atoms with Crippen LogP contribution >= 0.6 is 0 Å². The Bertz CT molecular complexity index is 172. The van der Waals surface area contributed by atoms with Gasteiger partial charge in [0, 0.05) is 0 Å². The van der Waals surface area contributed by atoms with E-state index in [-0.39, 0.29) is 6.10 Å². The lowest BCUT2D eigenvalue weighted by Crippen LogP contribution is -2.08. The second-order valence-corrected chi connectivity index (χ2v) is 6.29. The molecular formula is C17H34O. The van der Waals surface area contributed by atoms with Gasteiger partial charge in [0.25, 0.3) is 0 Å². The average Bonchev–Trinajstić information content (AvgIpc) is 2.88. The van der Waals surface area contributed by atoms with Gasteiger partial charge in [0.05, 0.1) is 6.10 Å². The fourth-order valence-corrected chi connectivity index (χ4v) is 3.21. The van der Waals surface area contributed by atoms with E-state index in [4.69, 9.17) is 0 Å². The zero-order valence-electron chi connectivity index (χ0n) is 12.5. The summed E-state index contributed by atoms with van der Waals surface area (Å²) in [6, 6.07) is 0. The van der Waals surface area contributed by atoms with Crippen LogP contribution in [0.4, 0.5) is 0 Å². The number of hydrogen-bond acceptors (Lipinski definition) is 1. The van der Waals surface area contributed by atoms with E-state index >= 15 is 0 Å². The molecule has 0 aromatic heterocycles. The molecule has 1 aliphatic carbocycles. The predicted molar refractivity (Wildman–Crippen MR) is 79.8 cm³/mol. The summed E-state index contributed by atoms with van der Waals surface area (Å²) in [4.78, 5) is 0. The molecule has 0 aromatic carbocycles. The van der Waals surface area contributed by atoms with Crippen molar-refractivity contribution in [3.05, 3.63) is 0 Å². The molecule has 1 unspecified atom stereocenters. The van der Waals surface area contributed by atoms with Crippen molar-refractivity contribution >= 4 is 0 Å². The standard InChI is InChI=1S/C17H34O/c1-2-3-4-5-6-7-8-13-17(18)15-14-16-11-9-10-12-16/h16-18H,2-15H2,1H3. The minimum absolute atomic E-state index is 0.0127. The maximum atomic E-state index is 9.95. The fourth-order valence-electron chi connectivity index (χ4n) is 3.21. The first-order chi connectivity index (χ1) is 8.83. The van der Waals surface area contributed by atoms with E-state index in [2.05, 4.69) is 6.92 Å².